The normalized spacial score (nSPS) is 16.1. The van der Waals surface area contributed by atoms with Gasteiger partial charge in [-0.25, -0.2) is 0 Å². The molecule has 0 aliphatic carbocycles. The molecule has 1 saturated heterocycles. The molecule has 8 heteroatoms. The fraction of sp³-hybridized carbons (Fsp3) is 0.500. The molecular formula is C16H18BrF3N2O2. The monoisotopic (exact) mass is 406 g/mol. The van der Waals surface area contributed by atoms with Gasteiger partial charge < -0.3 is 10.2 Å². The Labute approximate surface area is 146 Å². The number of nitrogens with zero attached hydrogens (tertiary/aromatic N) is 1. The molecular weight excluding hydrogens is 389 g/mol. The van der Waals surface area contributed by atoms with Crippen LogP contribution in [0, 0.1) is 5.92 Å². The number of benzene rings is 1. The van der Waals surface area contributed by atoms with Crippen LogP contribution < -0.4 is 5.32 Å². The van der Waals surface area contributed by atoms with Crippen molar-refractivity contribution >= 4 is 27.7 Å². The van der Waals surface area contributed by atoms with E-state index in [-0.39, 0.29) is 31.3 Å². The summed E-state index contributed by atoms with van der Waals surface area (Å²) in [6.07, 6.45) is -3.65. The molecule has 2 rings (SSSR count). The molecule has 0 saturated carbocycles. The quantitative estimate of drug-likeness (QED) is 0.835. The smallest absolute Gasteiger partial charge is 0.356 e. The zero-order valence-corrected chi connectivity index (χ0v) is 14.5. The first-order valence-electron chi connectivity index (χ1n) is 7.63. The Bertz CT molecular complexity index is 599. The first kappa shape index (κ1) is 18.8. The van der Waals surface area contributed by atoms with E-state index in [1.54, 1.807) is 0 Å². The molecule has 0 spiro atoms. The maximum absolute atomic E-state index is 12.4. The van der Waals surface area contributed by atoms with Gasteiger partial charge in [0, 0.05) is 24.1 Å². The van der Waals surface area contributed by atoms with Gasteiger partial charge in [0.1, 0.15) is 0 Å². The minimum absolute atomic E-state index is 0.0739. The van der Waals surface area contributed by atoms with Crippen LogP contribution in [0.25, 0.3) is 0 Å². The lowest BCUT2D eigenvalue weighted by Gasteiger charge is -2.32. The number of carbonyl (C=O) groups excluding carboxylic acids is 2. The number of likely N-dealkylation sites (tertiary alicyclic amines) is 1. The fourth-order valence-electron chi connectivity index (χ4n) is 2.67. The number of hydrogen-bond acceptors (Lipinski definition) is 2. The number of alkyl halides is 3. The van der Waals surface area contributed by atoms with Crippen LogP contribution in [0.3, 0.4) is 0 Å². The topological polar surface area (TPSA) is 49.4 Å². The number of hydrogen-bond donors (Lipinski definition) is 1. The van der Waals surface area contributed by atoms with Gasteiger partial charge in [-0.15, -0.1) is 0 Å². The Balaban J connectivity index is 1.72. The Morgan fingerprint density at radius 3 is 2.50 bits per heavy atom. The molecule has 2 amide bonds. The molecule has 1 aliphatic heterocycles. The molecule has 1 fully saturated rings. The van der Waals surface area contributed by atoms with E-state index < -0.39 is 12.1 Å². The van der Waals surface area contributed by atoms with Crippen LogP contribution >= 0.6 is 15.9 Å². The third-order valence-corrected chi connectivity index (χ3v) is 4.48. The number of rotatable bonds is 4. The zero-order valence-electron chi connectivity index (χ0n) is 12.9. The van der Waals surface area contributed by atoms with Crippen molar-refractivity contribution in [3.8, 4) is 0 Å². The second-order valence-corrected chi connectivity index (χ2v) is 6.76. The third-order valence-electron chi connectivity index (χ3n) is 3.99. The van der Waals surface area contributed by atoms with Crippen LogP contribution in [-0.4, -0.2) is 42.5 Å². The van der Waals surface area contributed by atoms with Crippen LogP contribution in [0.2, 0.25) is 0 Å². The number of piperidine rings is 1. The van der Waals surface area contributed by atoms with Gasteiger partial charge in [0.25, 0.3) is 0 Å². The van der Waals surface area contributed by atoms with Crippen molar-refractivity contribution in [2.24, 2.45) is 5.92 Å². The van der Waals surface area contributed by atoms with E-state index in [4.69, 9.17) is 0 Å². The largest absolute Gasteiger partial charge is 0.471 e. The van der Waals surface area contributed by atoms with Gasteiger partial charge in [-0.3, -0.25) is 9.59 Å². The molecule has 1 aromatic carbocycles. The van der Waals surface area contributed by atoms with E-state index in [9.17, 15) is 22.8 Å². The number of amides is 2. The molecule has 132 valence electrons. The molecule has 0 atom stereocenters. The molecule has 24 heavy (non-hydrogen) atoms. The average molecular weight is 407 g/mol. The van der Waals surface area contributed by atoms with Crippen molar-refractivity contribution in [1.82, 2.24) is 10.2 Å². The lowest BCUT2D eigenvalue weighted by Crippen LogP contribution is -2.46. The average Bonchev–Trinajstić information content (AvgIpc) is 2.52. The van der Waals surface area contributed by atoms with E-state index in [0.717, 1.165) is 14.9 Å². The van der Waals surface area contributed by atoms with Crippen molar-refractivity contribution in [2.45, 2.75) is 25.4 Å². The van der Waals surface area contributed by atoms with Crippen LogP contribution in [0.5, 0.6) is 0 Å². The van der Waals surface area contributed by atoms with E-state index in [1.165, 1.54) is 0 Å². The SMILES string of the molecule is O=C(Cc1cccc(Br)c1)NCC1CCN(C(=O)C(F)(F)F)CC1. The summed E-state index contributed by atoms with van der Waals surface area (Å²) < 4.78 is 38.0. The van der Waals surface area contributed by atoms with Gasteiger partial charge in [-0.05, 0) is 36.5 Å². The standard InChI is InChI=1S/C16H18BrF3N2O2/c17-13-3-1-2-12(8-13)9-14(23)21-10-11-4-6-22(7-5-11)15(24)16(18,19)20/h1-3,8,11H,4-7,9-10H2,(H,21,23). The van der Waals surface area contributed by atoms with Gasteiger partial charge in [0.15, 0.2) is 0 Å². The fourth-order valence-corrected chi connectivity index (χ4v) is 3.12. The van der Waals surface area contributed by atoms with Gasteiger partial charge >= 0.3 is 12.1 Å². The number of nitrogens with one attached hydrogen (secondary N) is 1. The lowest BCUT2D eigenvalue weighted by molar-refractivity contribution is -0.186. The zero-order chi connectivity index (χ0) is 17.7. The minimum atomic E-state index is -4.81. The van der Waals surface area contributed by atoms with Crippen molar-refractivity contribution in [3.05, 3.63) is 34.3 Å². The van der Waals surface area contributed by atoms with Crippen molar-refractivity contribution in [2.75, 3.05) is 19.6 Å². The predicted molar refractivity (Wildman–Crippen MR) is 86.2 cm³/mol. The maximum Gasteiger partial charge on any atom is 0.471 e. The van der Waals surface area contributed by atoms with Crippen molar-refractivity contribution in [1.29, 1.82) is 0 Å². The highest BCUT2D eigenvalue weighted by molar-refractivity contribution is 9.10. The summed E-state index contributed by atoms with van der Waals surface area (Å²) in [6.45, 7) is 0.565. The molecule has 4 nitrogen and oxygen atoms in total. The number of carbonyl (C=O) groups is 2. The van der Waals surface area contributed by atoms with Gasteiger partial charge in [-0.1, -0.05) is 28.1 Å². The summed E-state index contributed by atoms with van der Waals surface area (Å²) in [5.41, 5.74) is 0.882. The van der Waals surface area contributed by atoms with Crippen LogP contribution in [0.15, 0.2) is 28.7 Å². The summed E-state index contributed by atoms with van der Waals surface area (Å²) in [6, 6.07) is 7.43. The lowest BCUT2D eigenvalue weighted by atomic mass is 9.96. The maximum atomic E-state index is 12.4. The molecule has 0 unspecified atom stereocenters. The van der Waals surface area contributed by atoms with E-state index >= 15 is 0 Å². The van der Waals surface area contributed by atoms with Crippen LogP contribution in [0.4, 0.5) is 13.2 Å². The van der Waals surface area contributed by atoms with Gasteiger partial charge in [0.05, 0.1) is 6.42 Å². The molecule has 1 N–H and O–H groups in total. The Morgan fingerprint density at radius 2 is 1.92 bits per heavy atom. The van der Waals surface area contributed by atoms with E-state index in [2.05, 4.69) is 21.2 Å². The van der Waals surface area contributed by atoms with Crippen LogP contribution in [0.1, 0.15) is 18.4 Å². The van der Waals surface area contributed by atoms with Crippen LogP contribution in [-0.2, 0) is 16.0 Å². The van der Waals surface area contributed by atoms with E-state index in [0.29, 0.717) is 19.4 Å². The van der Waals surface area contributed by atoms with Gasteiger partial charge in [-0.2, -0.15) is 13.2 Å². The van der Waals surface area contributed by atoms with E-state index in [1.807, 2.05) is 24.3 Å². The summed E-state index contributed by atoms with van der Waals surface area (Å²) >= 11 is 3.34. The molecule has 0 aromatic heterocycles. The first-order valence-corrected chi connectivity index (χ1v) is 8.42. The molecule has 0 bridgehead atoms. The van der Waals surface area contributed by atoms with Crippen molar-refractivity contribution < 1.29 is 22.8 Å². The predicted octanol–water partition coefficient (Wildman–Crippen LogP) is 2.91. The summed E-state index contributed by atoms with van der Waals surface area (Å²) in [4.78, 5) is 23.9. The van der Waals surface area contributed by atoms with Crippen molar-refractivity contribution in [3.63, 3.8) is 0 Å². The minimum Gasteiger partial charge on any atom is -0.356 e. The third kappa shape index (κ3) is 5.51. The molecule has 1 aliphatic rings. The Kier molecular flexibility index (Phi) is 6.26. The Morgan fingerprint density at radius 1 is 1.25 bits per heavy atom. The Hall–Kier alpha value is -1.57. The van der Waals surface area contributed by atoms with Gasteiger partial charge in [0.2, 0.25) is 5.91 Å². The first-order chi connectivity index (χ1) is 11.3. The highest BCUT2D eigenvalue weighted by atomic mass is 79.9. The summed E-state index contributed by atoms with van der Waals surface area (Å²) in [5, 5.41) is 2.81. The highest BCUT2D eigenvalue weighted by Crippen LogP contribution is 2.23. The molecule has 0 radical (unpaired) electrons. The molecule has 1 aromatic rings. The second-order valence-electron chi connectivity index (χ2n) is 5.84. The summed E-state index contributed by atoms with van der Waals surface area (Å²) in [7, 11) is 0. The summed E-state index contributed by atoms with van der Waals surface area (Å²) in [5.74, 6) is -1.81. The second kappa shape index (κ2) is 8.00. The number of halogens is 4. The highest BCUT2D eigenvalue weighted by Gasteiger charge is 2.43. The molecule has 1 heterocycles.